The molecule has 4 nitrogen and oxygen atoms in total. The monoisotopic (exact) mass is 398 g/mol. The van der Waals surface area contributed by atoms with Crippen molar-refractivity contribution in [3.8, 4) is 34.1 Å². The fourth-order valence-electron chi connectivity index (χ4n) is 3.75. The van der Waals surface area contributed by atoms with Crippen LogP contribution in [-0.2, 0) is 6.42 Å². The highest BCUT2D eigenvalue weighted by molar-refractivity contribution is 5.89. The van der Waals surface area contributed by atoms with E-state index in [2.05, 4.69) is 38.1 Å². The molecule has 29 heavy (non-hydrogen) atoms. The van der Waals surface area contributed by atoms with Crippen molar-refractivity contribution in [1.29, 1.82) is 0 Å². The third kappa shape index (κ3) is 4.47. The maximum absolute atomic E-state index is 6.37. The Hall–Kier alpha value is -2.36. The van der Waals surface area contributed by atoms with E-state index in [1.54, 1.807) is 0 Å². The van der Waals surface area contributed by atoms with Crippen molar-refractivity contribution in [2.75, 3.05) is 26.4 Å². The van der Waals surface area contributed by atoms with Crippen LogP contribution >= 0.6 is 0 Å². The molecule has 0 spiro atoms. The predicted molar refractivity (Wildman–Crippen MR) is 118 cm³/mol. The third-order valence-electron chi connectivity index (χ3n) is 5.14. The maximum atomic E-state index is 6.37. The van der Waals surface area contributed by atoms with Gasteiger partial charge in [0, 0.05) is 17.5 Å². The fourth-order valence-corrected chi connectivity index (χ4v) is 3.75. The van der Waals surface area contributed by atoms with Crippen LogP contribution in [-0.4, -0.2) is 26.4 Å². The van der Waals surface area contributed by atoms with Gasteiger partial charge in [0.2, 0.25) is 11.5 Å². The van der Waals surface area contributed by atoms with Crippen LogP contribution in [0.2, 0.25) is 0 Å². The van der Waals surface area contributed by atoms with Gasteiger partial charge >= 0.3 is 0 Å². The van der Waals surface area contributed by atoms with E-state index in [1.165, 1.54) is 11.1 Å². The minimum atomic E-state index is 0.546. The molecule has 0 atom stereocenters. The third-order valence-corrected chi connectivity index (χ3v) is 5.14. The fraction of sp³-hybridized carbons (Fsp3) is 0.520. The summed E-state index contributed by atoms with van der Waals surface area (Å²) in [5.74, 6) is 2.98. The number of fused-ring (bicyclic) bond motifs is 3. The molecule has 0 aliphatic heterocycles. The van der Waals surface area contributed by atoms with Crippen LogP contribution in [0.1, 0.15) is 64.5 Å². The number of benzene rings is 2. The minimum Gasteiger partial charge on any atom is -0.490 e. The maximum Gasteiger partial charge on any atom is 0.208 e. The van der Waals surface area contributed by atoms with E-state index >= 15 is 0 Å². The molecule has 0 aromatic heterocycles. The van der Waals surface area contributed by atoms with Gasteiger partial charge in [-0.2, -0.15) is 0 Å². The summed E-state index contributed by atoms with van der Waals surface area (Å²) in [6, 6.07) is 8.52. The van der Waals surface area contributed by atoms with E-state index < -0.39 is 0 Å². The van der Waals surface area contributed by atoms with Gasteiger partial charge in [-0.15, -0.1) is 0 Å². The SMILES string of the molecule is CCCCOc1c(OCC)c(OCC)c2c(c1OCCCC)-c1ccccc1C2. The van der Waals surface area contributed by atoms with E-state index in [0.717, 1.165) is 54.7 Å². The second-order valence-electron chi connectivity index (χ2n) is 7.27. The van der Waals surface area contributed by atoms with Gasteiger partial charge in [-0.3, -0.25) is 0 Å². The Morgan fingerprint density at radius 3 is 1.93 bits per heavy atom. The largest absolute Gasteiger partial charge is 0.490 e. The predicted octanol–water partition coefficient (Wildman–Crippen LogP) is 6.41. The summed E-state index contributed by atoms with van der Waals surface area (Å²) in [5.41, 5.74) is 4.75. The first-order valence-corrected chi connectivity index (χ1v) is 11.1. The lowest BCUT2D eigenvalue weighted by atomic mass is 10.0. The van der Waals surface area contributed by atoms with Gasteiger partial charge in [0.1, 0.15) is 0 Å². The van der Waals surface area contributed by atoms with Gasteiger partial charge in [-0.1, -0.05) is 51.0 Å². The van der Waals surface area contributed by atoms with Crippen LogP contribution in [0.5, 0.6) is 23.0 Å². The van der Waals surface area contributed by atoms with Crippen molar-refractivity contribution >= 4 is 0 Å². The average molecular weight is 399 g/mol. The van der Waals surface area contributed by atoms with E-state index in [9.17, 15) is 0 Å². The Morgan fingerprint density at radius 1 is 0.690 bits per heavy atom. The topological polar surface area (TPSA) is 36.9 Å². The molecule has 158 valence electrons. The second-order valence-corrected chi connectivity index (χ2v) is 7.27. The molecule has 0 amide bonds. The number of ether oxygens (including phenoxy) is 4. The minimum absolute atomic E-state index is 0.546. The standard InChI is InChI=1S/C25H34O4/c1-5-9-15-28-23-21-19-14-12-11-13-18(19)17-20(21)22(26-7-3)24(27-8-4)25(23)29-16-10-6-2/h11-14H,5-10,15-17H2,1-4H3. The normalized spacial score (nSPS) is 11.7. The summed E-state index contributed by atoms with van der Waals surface area (Å²) >= 11 is 0. The summed E-state index contributed by atoms with van der Waals surface area (Å²) in [7, 11) is 0. The first-order valence-electron chi connectivity index (χ1n) is 11.1. The van der Waals surface area contributed by atoms with Gasteiger partial charge in [-0.25, -0.2) is 0 Å². The molecule has 0 N–H and O–H groups in total. The van der Waals surface area contributed by atoms with E-state index in [1.807, 2.05) is 13.8 Å². The van der Waals surface area contributed by atoms with Gasteiger partial charge < -0.3 is 18.9 Å². The van der Waals surface area contributed by atoms with Crippen LogP contribution < -0.4 is 18.9 Å². The molecule has 0 bridgehead atoms. The molecule has 0 heterocycles. The Balaban J connectivity index is 2.21. The van der Waals surface area contributed by atoms with Gasteiger partial charge in [-0.05, 0) is 37.8 Å². The van der Waals surface area contributed by atoms with Crippen molar-refractivity contribution in [2.45, 2.75) is 59.8 Å². The molecule has 0 radical (unpaired) electrons. The summed E-state index contributed by atoms with van der Waals surface area (Å²) in [6.45, 7) is 10.7. The van der Waals surface area contributed by atoms with Gasteiger partial charge in [0.25, 0.3) is 0 Å². The lowest BCUT2D eigenvalue weighted by Gasteiger charge is -2.23. The zero-order valence-corrected chi connectivity index (χ0v) is 18.3. The van der Waals surface area contributed by atoms with Crippen LogP contribution in [0.25, 0.3) is 11.1 Å². The van der Waals surface area contributed by atoms with E-state index in [4.69, 9.17) is 18.9 Å². The molecule has 0 saturated carbocycles. The highest BCUT2D eigenvalue weighted by atomic mass is 16.6. The Bertz CT molecular complexity index is 813. The van der Waals surface area contributed by atoms with Crippen molar-refractivity contribution in [1.82, 2.24) is 0 Å². The zero-order valence-electron chi connectivity index (χ0n) is 18.3. The van der Waals surface area contributed by atoms with Crippen molar-refractivity contribution in [3.63, 3.8) is 0 Å². The molecule has 0 unspecified atom stereocenters. The molecular weight excluding hydrogens is 364 g/mol. The molecule has 2 aromatic carbocycles. The number of rotatable bonds is 12. The zero-order chi connectivity index (χ0) is 20.6. The second kappa shape index (κ2) is 10.4. The lowest BCUT2D eigenvalue weighted by Crippen LogP contribution is -2.09. The summed E-state index contributed by atoms with van der Waals surface area (Å²) in [6.07, 6.45) is 4.96. The molecule has 2 aromatic rings. The first-order chi connectivity index (χ1) is 14.3. The van der Waals surface area contributed by atoms with Crippen LogP contribution in [0.3, 0.4) is 0 Å². The summed E-state index contributed by atoms with van der Waals surface area (Å²) < 4.78 is 24.9. The molecule has 0 saturated heterocycles. The highest BCUT2D eigenvalue weighted by Crippen LogP contribution is 2.57. The smallest absolute Gasteiger partial charge is 0.208 e. The number of hydrogen-bond donors (Lipinski definition) is 0. The van der Waals surface area contributed by atoms with Crippen LogP contribution in [0.4, 0.5) is 0 Å². The Labute approximate surface area is 175 Å². The molecular formula is C25H34O4. The van der Waals surface area contributed by atoms with Crippen LogP contribution in [0.15, 0.2) is 24.3 Å². The van der Waals surface area contributed by atoms with Crippen LogP contribution in [0, 0.1) is 0 Å². The average Bonchev–Trinajstić information content (AvgIpc) is 3.11. The van der Waals surface area contributed by atoms with Gasteiger partial charge in [0.05, 0.1) is 26.4 Å². The number of hydrogen-bond acceptors (Lipinski definition) is 4. The summed E-state index contributed by atoms with van der Waals surface area (Å²) in [4.78, 5) is 0. The molecule has 1 aliphatic rings. The quantitative estimate of drug-likeness (QED) is 0.330. The van der Waals surface area contributed by atoms with Crippen molar-refractivity contribution in [2.24, 2.45) is 0 Å². The molecule has 4 heteroatoms. The van der Waals surface area contributed by atoms with Gasteiger partial charge in [0.15, 0.2) is 11.5 Å². The van der Waals surface area contributed by atoms with E-state index in [0.29, 0.717) is 37.9 Å². The van der Waals surface area contributed by atoms with E-state index in [-0.39, 0.29) is 0 Å². The Kier molecular flexibility index (Phi) is 7.68. The number of unbranched alkanes of at least 4 members (excludes halogenated alkanes) is 2. The van der Waals surface area contributed by atoms with Crippen molar-refractivity contribution in [3.05, 3.63) is 35.4 Å². The lowest BCUT2D eigenvalue weighted by molar-refractivity contribution is 0.231. The first kappa shape index (κ1) is 21.4. The summed E-state index contributed by atoms with van der Waals surface area (Å²) in [5, 5.41) is 0. The molecule has 1 aliphatic carbocycles. The highest BCUT2D eigenvalue weighted by Gasteiger charge is 2.33. The Morgan fingerprint density at radius 2 is 1.28 bits per heavy atom. The molecule has 3 rings (SSSR count). The molecule has 0 fully saturated rings. The van der Waals surface area contributed by atoms with Crippen molar-refractivity contribution < 1.29 is 18.9 Å².